The third-order valence-electron chi connectivity index (χ3n) is 2.89. The highest BCUT2D eigenvalue weighted by molar-refractivity contribution is 7.99. The van der Waals surface area contributed by atoms with Crippen LogP contribution in [0.1, 0.15) is 21.5 Å². The Morgan fingerprint density at radius 1 is 1.06 bits per heavy atom. The van der Waals surface area contributed by atoms with Crippen molar-refractivity contribution < 1.29 is 9.90 Å². The molecule has 0 radical (unpaired) electrons. The van der Waals surface area contributed by atoms with E-state index in [9.17, 15) is 9.90 Å². The van der Waals surface area contributed by atoms with Gasteiger partial charge in [-0.05, 0) is 29.7 Å². The zero-order valence-corrected chi connectivity index (χ0v) is 9.83. The zero-order valence-electron chi connectivity index (χ0n) is 9.01. The van der Waals surface area contributed by atoms with Crippen molar-refractivity contribution in [2.24, 2.45) is 0 Å². The minimum atomic E-state index is -0.853. The van der Waals surface area contributed by atoms with E-state index < -0.39 is 5.97 Å². The van der Waals surface area contributed by atoms with Gasteiger partial charge >= 0.3 is 5.97 Å². The van der Waals surface area contributed by atoms with Gasteiger partial charge in [-0.1, -0.05) is 42.1 Å². The fourth-order valence-corrected chi connectivity index (χ4v) is 3.25. The molecule has 1 heterocycles. The first-order valence-corrected chi connectivity index (χ1v) is 6.18. The minimum Gasteiger partial charge on any atom is -0.478 e. The first-order valence-electron chi connectivity index (χ1n) is 5.36. The Hall–Kier alpha value is -1.74. The van der Waals surface area contributed by atoms with Gasteiger partial charge in [0.2, 0.25) is 0 Å². The topological polar surface area (TPSA) is 37.3 Å². The van der Waals surface area contributed by atoms with E-state index in [0.29, 0.717) is 5.56 Å². The number of carboxylic acids is 1. The molecule has 84 valence electrons. The SMILES string of the molecule is O=C(O)c1cccc2c1Sc1ccccc1C2. The highest BCUT2D eigenvalue weighted by atomic mass is 32.2. The maximum atomic E-state index is 11.2. The largest absolute Gasteiger partial charge is 0.478 e. The second kappa shape index (κ2) is 3.93. The Labute approximate surface area is 103 Å². The Kier molecular flexibility index (Phi) is 2.41. The van der Waals surface area contributed by atoms with Gasteiger partial charge in [-0.2, -0.15) is 0 Å². The molecule has 2 aromatic carbocycles. The van der Waals surface area contributed by atoms with Crippen LogP contribution in [0.25, 0.3) is 0 Å². The second-order valence-corrected chi connectivity index (χ2v) is 5.04. The van der Waals surface area contributed by atoms with Gasteiger partial charge in [-0.3, -0.25) is 0 Å². The standard InChI is InChI=1S/C14H10O2S/c15-14(16)11-6-3-5-10-8-9-4-1-2-7-12(9)17-13(10)11/h1-7H,8H2,(H,15,16). The molecule has 1 N–H and O–H groups in total. The van der Waals surface area contributed by atoms with Gasteiger partial charge in [0, 0.05) is 9.79 Å². The van der Waals surface area contributed by atoms with Gasteiger partial charge in [0.1, 0.15) is 0 Å². The third kappa shape index (κ3) is 1.72. The monoisotopic (exact) mass is 242 g/mol. The molecule has 0 atom stereocenters. The summed E-state index contributed by atoms with van der Waals surface area (Å²) in [6, 6.07) is 13.6. The fourth-order valence-electron chi connectivity index (χ4n) is 2.08. The average molecular weight is 242 g/mol. The lowest BCUT2D eigenvalue weighted by atomic mass is 10.0. The smallest absolute Gasteiger partial charge is 0.336 e. The number of benzene rings is 2. The Balaban J connectivity index is 2.15. The molecular formula is C14H10O2S. The van der Waals surface area contributed by atoms with Crippen molar-refractivity contribution in [3.63, 3.8) is 0 Å². The molecule has 17 heavy (non-hydrogen) atoms. The molecule has 0 unspecified atom stereocenters. The van der Waals surface area contributed by atoms with Crippen molar-refractivity contribution in [2.75, 3.05) is 0 Å². The molecule has 0 amide bonds. The van der Waals surface area contributed by atoms with Crippen LogP contribution in [0.4, 0.5) is 0 Å². The molecule has 0 bridgehead atoms. The summed E-state index contributed by atoms with van der Waals surface area (Å²) in [6.45, 7) is 0. The van der Waals surface area contributed by atoms with E-state index in [1.54, 1.807) is 17.8 Å². The van der Waals surface area contributed by atoms with Gasteiger partial charge < -0.3 is 5.11 Å². The molecule has 0 saturated carbocycles. The average Bonchev–Trinajstić information content (AvgIpc) is 2.35. The van der Waals surface area contributed by atoms with Crippen LogP contribution >= 0.6 is 11.8 Å². The summed E-state index contributed by atoms with van der Waals surface area (Å²) in [7, 11) is 0. The van der Waals surface area contributed by atoms with Crippen LogP contribution in [0.2, 0.25) is 0 Å². The molecule has 0 saturated heterocycles. The van der Waals surface area contributed by atoms with Gasteiger partial charge in [0.25, 0.3) is 0 Å². The molecule has 3 rings (SSSR count). The van der Waals surface area contributed by atoms with E-state index in [4.69, 9.17) is 0 Å². The van der Waals surface area contributed by atoms with Crippen molar-refractivity contribution >= 4 is 17.7 Å². The van der Waals surface area contributed by atoms with Crippen LogP contribution in [0.5, 0.6) is 0 Å². The predicted octanol–water partition coefficient (Wildman–Crippen LogP) is 3.44. The lowest BCUT2D eigenvalue weighted by Gasteiger charge is -2.20. The molecule has 3 heteroatoms. The number of aromatic carboxylic acids is 1. The summed E-state index contributed by atoms with van der Waals surface area (Å²) < 4.78 is 0. The van der Waals surface area contributed by atoms with Gasteiger partial charge in [0.15, 0.2) is 0 Å². The van der Waals surface area contributed by atoms with Gasteiger partial charge in [0.05, 0.1) is 5.56 Å². The Morgan fingerprint density at radius 2 is 1.82 bits per heavy atom. The van der Waals surface area contributed by atoms with E-state index in [1.807, 2.05) is 30.3 Å². The van der Waals surface area contributed by atoms with E-state index in [1.165, 1.54) is 5.56 Å². The molecule has 0 aromatic heterocycles. The molecule has 2 aromatic rings. The van der Waals surface area contributed by atoms with Crippen LogP contribution in [0, 0.1) is 0 Å². The number of carbonyl (C=O) groups is 1. The maximum Gasteiger partial charge on any atom is 0.336 e. The summed E-state index contributed by atoms with van der Waals surface area (Å²) in [6.07, 6.45) is 0.819. The Morgan fingerprint density at radius 3 is 2.65 bits per heavy atom. The molecule has 0 fully saturated rings. The zero-order chi connectivity index (χ0) is 11.8. The van der Waals surface area contributed by atoms with Crippen molar-refractivity contribution in [3.8, 4) is 0 Å². The molecule has 1 aliphatic heterocycles. The number of carboxylic acid groups (broad SMARTS) is 1. The van der Waals surface area contributed by atoms with Crippen LogP contribution in [0.3, 0.4) is 0 Å². The normalized spacial score (nSPS) is 12.7. The van der Waals surface area contributed by atoms with Crippen molar-refractivity contribution in [1.82, 2.24) is 0 Å². The highest BCUT2D eigenvalue weighted by Crippen LogP contribution is 2.41. The van der Waals surface area contributed by atoms with E-state index >= 15 is 0 Å². The number of rotatable bonds is 1. The van der Waals surface area contributed by atoms with Gasteiger partial charge in [-0.25, -0.2) is 4.79 Å². The first kappa shape index (κ1) is 10.4. The van der Waals surface area contributed by atoms with Crippen molar-refractivity contribution in [1.29, 1.82) is 0 Å². The summed E-state index contributed by atoms with van der Waals surface area (Å²) in [5.41, 5.74) is 2.78. The van der Waals surface area contributed by atoms with E-state index in [0.717, 1.165) is 21.8 Å². The van der Waals surface area contributed by atoms with E-state index in [2.05, 4.69) is 6.07 Å². The lowest BCUT2D eigenvalue weighted by Crippen LogP contribution is -2.06. The third-order valence-corrected chi connectivity index (χ3v) is 4.20. The summed E-state index contributed by atoms with van der Waals surface area (Å²) in [5.74, 6) is -0.853. The highest BCUT2D eigenvalue weighted by Gasteiger charge is 2.20. The molecule has 2 nitrogen and oxygen atoms in total. The molecular weight excluding hydrogens is 232 g/mol. The summed E-state index contributed by atoms with van der Waals surface area (Å²) >= 11 is 1.56. The molecule has 0 aliphatic carbocycles. The summed E-state index contributed by atoms with van der Waals surface area (Å²) in [5, 5.41) is 9.18. The number of hydrogen-bond donors (Lipinski definition) is 1. The predicted molar refractivity (Wildman–Crippen MR) is 66.8 cm³/mol. The van der Waals surface area contributed by atoms with E-state index in [-0.39, 0.29) is 0 Å². The van der Waals surface area contributed by atoms with Crippen LogP contribution < -0.4 is 0 Å². The summed E-state index contributed by atoms with van der Waals surface area (Å²) in [4.78, 5) is 13.2. The Bertz CT molecular complexity index is 605. The quantitative estimate of drug-likeness (QED) is 0.710. The first-order chi connectivity index (χ1) is 8.25. The maximum absolute atomic E-state index is 11.2. The minimum absolute atomic E-state index is 0.405. The fraction of sp³-hybridized carbons (Fsp3) is 0.0714. The second-order valence-electron chi connectivity index (χ2n) is 3.99. The van der Waals surface area contributed by atoms with Gasteiger partial charge in [-0.15, -0.1) is 0 Å². The molecule has 0 spiro atoms. The molecule has 1 aliphatic rings. The number of hydrogen-bond acceptors (Lipinski definition) is 2. The van der Waals surface area contributed by atoms with Crippen LogP contribution in [0.15, 0.2) is 52.3 Å². The van der Waals surface area contributed by atoms with Crippen LogP contribution in [-0.2, 0) is 6.42 Å². The lowest BCUT2D eigenvalue weighted by molar-refractivity contribution is 0.0693. The van der Waals surface area contributed by atoms with Crippen molar-refractivity contribution in [3.05, 3.63) is 59.2 Å². The van der Waals surface area contributed by atoms with Crippen molar-refractivity contribution in [2.45, 2.75) is 16.2 Å². The number of fused-ring (bicyclic) bond motifs is 2. The van der Waals surface area contributed by atoms with Crippen LogP contribution in [-0.4, -0.2) is 11.1 Å².